The van der Waals surface area contributed by atoms with Gasteiger partial charge in [0, 0.05) is 10.0 Å². The number of imidazole rings is 1. The zero-order valence-corrected chi connectivity index (χ0v) is 11.3. The Hall–Kier alpha value is -2.02. The summed E-state index contributed by atoms with van der Waals surface area (Å²) in [5.74, 6) is 0.0401. The van der Waals surface area contributed by atoms with Crippen molar-refractivity contribution in [2.75, 3.05) is 5.73 Å². The maximum atomic E-state index is 13.8. The van der Waals surface area contributed by atoms with Gasteiger partial charge in [-0.05, 0) is 12.1 Å². The summed E-state index contributed by atoms with van der Waals surface area (Å²) in [7, 11) is 0. The molecule has 0 aliphatic carbocycles. The SMILES string of the molecule is Nc1ncnc2c1ncn2Cc1ccc(Br)cc1F. The number of halogens is 2. The highest BCUT2D eigenvalue weighted by atomic mass is 79.9. The van der Waals surface area contributed by atoms with Crippen LogP contribution >= 0.6 is 15.9 Å². The number of hydrogen-bond donors (Lipinski definition) is 1. The van der Waals surface area contributed by atoms with Crippen molar-refractivity contribution in [2.24, 2.45) is 0 Å². The molecule has 96 valence electrons. The Balaban J connectivity index is 2.04. The topological polar surface area (TPSA) is 69.6 Å². The first kappa shape index (κ1) is 12.0. The fraction of sp³-hybridized carbons (Fsp3) is 0.0833. The van der Waals surface area contributed by atoms with Crippen molar-refractivity contribution < 1.29 is 4.39 Å². The minimum absolute atomic E-state index is 0.279. The van der Waals surface area contributed by atoms with E-state index >= 15 is 0 Å². The van der Waals surface area contributed by atoms with Crippen LogP contribution < -0.4 is 5.73 Å². The summed E-state index contributed by atoms with van der Waals surface area (Å²) in [6.45, 7) is 0.339. The number of anilines is 1. The number of rotatable bonds is 2. The molecule has 0 atom stereocenters. The second-order valence-electron chi connectivity index (χ2n) is 4.04. The quantitative estimate of drug-likeness (QED) is 0.786. The molecule has 0 saturated carbocycles. The maximum Gasteiger partial charge on any atom is 0.165 e. The average molecular weight is 322 g/mol. The second kappa shape index (κ2) is 4.58. The lowest BCUT2D eigenvalue weighted by atomic mass is 10.2. The van der Waals surface area contributed by atoms with E-state index in [1.165, 1.54) is 12.4 Å². The van der Waals surface area contributed by atoms with E-state index in [4.69, 9.17) is 5.73 Å². The van der Waals surface area contributed by atoms with Crippen LogP contribution in [0.2, 0.25) is 0 Å². The van der Waals surface area contributed by atoms with Crippen molar-refractivity contribution in [2.45, 2.75) is 6.54 Å². The van der Waals surface area contributed by atoms with E-state index in [1.54, 1.807) is 23.0 Å². The summed E-state index contributed by atoms with van der Waals surface area (Å²) >= 11 is 3.23. The number of aromatic nitrogens is 4. The van der Waals surface area contributed by atoms with Crippen molar-refractivity contribution in [1.29, 1.82) is 0 Å². The number of hydrogen-bond acceptors (Lipinski definition) is 4. The monoisotopic (exact) mass is 321 g/mol. The van der Waals surface area contributed by atoms with Crippen molar-refractivity contribution >= 4 is 32.9 Å². The first-order valence-electron chi connectivity index (χ1n) is 5.50. The van der Waals surface area contributed by atoms with Gasteiger partial charge in [0.25, 0.3) is 0 Å². The third kappa shape index (κ3) is 2.17. The lowest BCUT2D eigenvalue weighted by Gasteiger charge is -2.05. The molecule has 1 aromatic carbocycles. The van der Waals surface area contributed by atoms with Gasteiger partial charge < -0.3 is 10.3 Å². The van der Waals surface area contributed by atoms with E-state index in [9.17, 15) is 4.39 Å². The minimum atomic E-state index is -0.279. The van der Waals surface area contributed by atoms with Gasteiger partial charge >= 0.3 is 0 Å². The predicted molar refractivity (Wildman–Crippen MR) is 72.9 cm³/mol. The zero-order valence-electron chi connectivity index (χ0n) is 9.72. The Kier molecular flexibility index (Phi) is 2.90. The summed E-state index contributed by atoms with van der Waals surface area (Å²) in [5, 5.41) is 0. The fourth-order valence-electron chi connectivity index (χ4n) is 1.85. The van der Waals surface area contributed by atoms with Gasteiger partial charge in [-0.1, -0.05) is 22.0 Å². The molecule has 0 amide bonds. The van der Waals surface area contributed by atoms with Gasteiger partial charge in [0.2, 0.25) is 0 Å². The maximum absolute atomic E-state index is 13.8. The molecule has 5 nitrogen and oxygen atoms in total. The highest BCUT2D eigenvalue weighted by Gasteiger charge is 2.10. The van der Waals surface area contributed by atoms with E-state index in [0.29, 0.717) is 33.6 Å². The number of benzene rings is 1. The largest absolute Gasteiger partial charge is 0.382 e. The van der Waals surface area contributed by atoms with Crippen LogP contribution in [-0.4, -0.2) is 19.5 Å². The Bertz CT molecular complexity index is 755. The average Bonchev–Trinajstić information content (AvgIpc) is 2.78. The van der Waals surface area contributed by atoms with Crippen LogP contribution in [0.1, 0.15) is 5.56 Å². The third-order valence-corrected chi connectivity index (χ3v) is 3.28. The molecule has 2 aromatic heterocycles. The normalized spacial score (nSPS) is 11.1. The molecule has 0 radical (unpaired) electrons. The highest BCUT2D eigenvalue weighted by molar-refractivity contribution is 9.10. The fourth-order valence-corrected chi connectivity index (χ4v) is 2.18. The van der Waals surface area contributed by atoms with E-state index < -0.39 is 0 Å². The van der Waals surface area contributed by atoms with Crippen molar-refractivity contribution in [3.05, 3.63) is 46.7 Å². The Morgan fingerprint density at radius 3 is 2.89 bits per heavy atom. The molecular weight excluding hydrogens is 313 g/mol. The van der Waals surface area contributed by atoms with Crippen LogP contribution in [0.5, 0.6) is 0 Å². The lowest BCUT2D eigenvalue weighted by molar-refractivity contribution is 0.600. The zero-order chi connectivity index (χ0) is 13.4. The van der Waals surface area contributed by atoms with Crippen molar-refractivity contribution in [3.63, 3.8) is 0 Å². The van der Waals surface area contributed by atoms with E-state index in [0.717, 1.165) is 0 Å². The Morgan fingerprint density at radius 2 is 2.11 bits per heavy atom. The number of nitrogen functional groups attached to an aromatic ring is 1. The molecule has 2 heterocycles. The molecule has 7 heteroatoms. The molecule has 0 bridgehead atoms. The Morgan fingerprint density at radius 1 is 1.26 bits per heavy atom. The van der Waals surface area contributed by atoms with Crippen LogP contribution in [0.3, 0.4) is 0 Å². The van der Waals surface area contributed by atoms with Crippen LogP contribution in [0.4, 0.5) is 10.2 Å². The molecule has 0 fully saturated rings. The van der Waals surface area contributed by atoms with E-state index in [1.807, 2.05) is 0 Å². The van der Waals surface area contributed by atoms with Crippen molar-refractivity contribution in [1.82, 2.24) is 19.5 Å². The number of nitrogens with zero attached hydrogens (tertiary/aromatic N) is 4. The van der Waals surface area contributed by atoms with Gasteiger partial charge in [0.1, 0.15) is 17.7 Å². The third-order valence-electron chi connectivity index (χ3n) is 2.79. The van der Waals surface area contributed by atoms with Crippen LogP contribution in [0.15, 0.2) is 35.3 Å². The number of nitrogens with two attached hydrogens (primary N) is 1. The molecule has 0 spiro atoms. The van der Waals surface area contributed by atoms with Gasteiger partial charge in [-0.15, -0.1) is 0 Å². The first-order chi connectivity index (χ1) is 9.15. The van der Waals surface area contributed by atoms with Crippen LogP contribution in [0.25, 0.3) is 11.2 Å². The van der Waals surface area contributed by atoms with Gasteiger partial charge in [-0.25, -0.2) is 19.3 Å². The standard InChI is InChI=1S/C12H9BrFN5/c13-8-2-1-7(9(14)3-8)4-19-6-18-10-11(15)16-5-17-12(10)19/h1-3,5-6H,4H2,(H2,15,16,17). The van der Waals surface area contributed by atoms with Gasteiger partial charge in [0.05, 0.1) is 12.9 Å². The van der Waals surface area contributed by atoms with Crippen molar-refractivity contribution in [3.8, 4) is 0 Å². The molecular formula is C12H9BrFN5. The minimum Gasteiger partial charge on any atom is -0.382 e. The van der Waals surface area contributed by atoms with Gasteiger partial charge in [0.15, 0.2) is 11.5 Å². The first-order valence-corrected chi connectivity index (χ1v) is 6.29. The second-order valence-corrected chi connectivity index (χ2v) is 4.96. The molecule has 0 aliphatic heterocycles. The molecule has 3 aromatic rings. The molecule has 3 rings (SSSR count). The summed E-state index contributed by atoms with van der Waals surface area (Å²) in [5.41, 5.74) is 7.38. The van der Waals surface area contributed by atoms with E-state index in [-0.39, 0.29) is 5.82 Å². The summed E-state index contributed by atoms with van der Waals surface area (Å²) in [6.07, 6.45) is 2.95. The van der Waals surface area contributed by atoms with Crippen LogP contribution in [-0.2, 0) is 6.54 Å². The molecule has 19 heavy (non-hydrogen) atoms. The van der Waals surface area contributed by atoms with Crippen LogP contribution in [0, 0.1) is 5.82 Å². The molecule has 0 unspecified atom stereocenters. The number of fused-ring (bicyclic) bond motifs is 1. The Labute approximate surface area is 116 Å². The molecule has 0 aliphatic rings. The molecule has 2 N–H and O–H groups in total. The summed E-state index contributed by atoms with van der Waals surface area (Å²) < 4.78 is 16.2. The summed E-state index contributed by atoms with van der Waals surface area (Å²) in [4.78, 5) is 12.1. The van der Waals surface area contributed by atoms with Gasteiger partial charge in [-0.3, -0.25) is 0 Å². The lowest BCUT2D eigenvalue weighted by Crippen LogP contribution is -2.02. The predicted octanol–water partition coefficient (Wildman–Crippen LogP) is 2.36. The van der Waals surface area contributed by atoms with E-state index in [2.05, 4.69) is 30.9 Å². The highest BCUT2D eigenvalue weighted by Crippen LogP contribution is 2.19. The van der Waals surface area contributed by atoms with Gasteiger partial charge in [-0.2, -0.15) is 0 Å². The molecule has 0 saturated heterocycles. The summed E-state index contributed by atoms with van der Waals surface area (Å²) in [6, 6.07) is 4.94. The smallest absolute Gasteiger partial charge is 0.165 e.